The molecule has 2 aromatic carbocycles. The second-order valence-corrected chi connectivity index (χ2v) is 20.6. The van der Waals surface area contributed by atoms with Gasteiger partial charge in [0, 0.05) is 68.2 Å². The normalized spacial score (nSPS) is 16.9. The average molecular weight is 719 g/mol. The molecule has 52 heavy (non-hydrogen) atoms. The zero-order chi connectivity index (χ0) is 36.8. The first kappa shape index (κ1) is 36.0. The SMILES string of the molecule is Cc1c(Nc2nccc3cc(CN4CC[C@@H](O)C4)cnc23)cccc1-c1cccc(-c2nc3c(o2)CCN(CCO[Si](C)(C)C(C)(C)C)C3=O)c1C. The van der Waals surface area contributed by atoms with E-state index >= 15 is 0 Å². The molecule has 2 aliphatic rings. The Hall–Kier alpha value is -4.42. The number of carbonyl (C=O) groups is 1. The van der Waals surface area contributed by atoms with Crippen LogP contribution in [0.2, 0.25) is 18.1 Å². The number of anilines is 2. The number of amides is 1. The second kappa shape index (κ2) is 14.2. The van der Waals surface area contributed by atoms with Crippen molar-refractivity contribution in [3.05, 3.63) is 89.1 Å². The lowest BCUT2D eigenvalue weighted by Gasteiger charge is -2.37. The number of carbonyl (C=O) groups excluding carboxylic acids is 1. The molecule has 11 heteroatoms. The molecule has 5 heterocycles. The van der Waals surface area contributed by atoms with E-state index in [1.807, 2.05) is 41.6 Å². The second-order valence-electron chi connectivity index (χ2n) is 15.8. The zero-order valence-corrected chi connectivity index (χ0v) is 32.4. The largest absolute Gasteiger partial charge is 0.440 e. The van der Waals surface area contributed by atoms with Gasteiger partial charge >= 0.3 is 0 Å². The van der Waals surface area contributed by atoms with Crippen molar-refractivity contribution in [3.8, 4) is 22.6 Å². The van der Waals surface area contributed by atoms with Crippen molar-refractivity contribution in [2.75, 3.05) is 38.1 Å². The van der Waals surface area contributed by atoms with Crippen LogP contribution < -0.4 is 5.32 Å². The molecule has 5 aromatic rings. The molecule has 3 aromatic heterocycles. The highest BCUT2D eigenvalue weighted by molar-refractivity contribution is 6.74. The summed E-state index contributed by atoms with van der Waals surface area (Å²) in [6.45, 7) is 19.3. The molecule has 1 fully saturated rings. The van der Waals surface area contributed by atoms with E-state index < -0.39 is 8.32 Å². The quantitative estimate of drug-likeness (QED) is 0.139. The number of pyridine rings is 2. The average Bonchev–Trinajstić information content (AvgIpc) is 3.72. The first-order valence-electron chi connectivity index (χ1n) is 18.3. The predicted molar refractivity (Wildman–Crippen MR) is 208 cm³/mol. The molecule has 1 saturated heterocycles. The van der Waals surface area contributed by atoms with Gasteiger partial charge in [-0.3, -0.25) is 14.7 Å². The van der Waals surface area contributed by atoms with Crippen molar-refractivity contribution in [2.45, 2.75) is 78.2 Å². The maximum atomic E-state index is 13.5. The smallest absolute Gasteiger partial charge is 0.276 e. The first-order chi connectivity index (χ1) is 24.8. The summed E-state index contributed by atoms with van der Waals surface area (Å²) in [6.07, 6.45) is 4.92. The van der Waals surface area contributed by atoms with Crippen LogP contribution in [-0.2, 0) is 17.4 Å². The Kier molecular flexibility index (Phi) is 9.81. The van der Waals surface area contributed by atoms with Gasteiger partial charge in [-0.25, -0.2) is 9.97 Å². The van der Waals surface area contributed by atoms with Crippen LogP contribution in [0.25, 0.3) is 33.5 Å². The minimum absolute atomic E-state index is 0.0994. The van der Waals surface area contributed by atoms with E-state index in [0.29, 0.717) is 55.8 Å². The van der Waals surface area contributed by atoms with Crippen molar-refractivity contribution < 1.29 is 18.7 Å². The van der Waals surface area contributed by atoms with Crippen LogP contribution >= 0.6 is 0 Å². The zero-order valence-electron chi connectivity index (χ0n) is 31.4. The third kappa shape index (κ3) is 7.15. The van der Waals surface area contributed by atoms with Crippen LogP contribution in [0.5, 0.6) is 0 Å². The van der Waals surface area contributed by atoms with Crippen molar-refractivity contribution >= 4 is 36.6 Å². The summed E-state index contributed by atoms with van der Waals surface area (Å²) in [5.41, 5.74) is 8.36. The van der Waals surface area contributed by atoms with Crippen LogP contribution in [0.1, 0.15) is 60.1 Å². The van der Waals surface area contributed by atoms with Crippen LogP contribution in [0.4, 0.5) is 11.5 Å². The molecule has 0 unspecified atom stereocenters. The number of benzene rings is 2. The van der Waals surface area contributed by atoms with E-state index in [0.717, 1.165) is 69.5 Å². The van der Waals surface area contributed by atoms with Crippen LogP contribution in [-0.4, -0.2) is 83.0 Å². The molecule has 0 spiro atoms. The fourth-order valence-corrected chi connectivity index (χ4v) is 8.01. The fourth-order valence-electron chi connectivity index (χ4n) is 6.98. The third-order valence-electron chi connectivity index (χ3n) is 11.2. The standard InChI is InChI=1S/C41H50N6O4Si/c1-26-31(10-8-12-33(26)39-45-37-35(51-39)16-19-47(40(37)49)20-21-50-52(6,7)41(3,4)5)32-11-9-13-34(27(32)2)44-38-36-29(14-17-42-38)22-28(23-43-36)24-46-18-15-30(48)25-46/h8-14,17,22-23,30,48H,15-16,18-21,24-25H2,1-7H3,(H,42,44)/t30-/m1/s1. The van der Waals surface area contributed by atoms with Gasteiger partial charge in [0.15, 0.2) is 19.8 Å². The molecule has 0 radical (unpaired) electrons. The van der Waals surface area contributed by atoms with E-state index in [1.165, 1.54) is 0 Å². The molecule has 7 rings (SSSR count). The van der Waals surface area contributed by atoms with E-state index in [2.05, 4.69) is 87.2 Å². The van der Waals surface area contributed by atoms with E-state index in [-0.39, 0.29) is 17.0 Å². The maximum absolute atomic E-state index is 13.5. The number of aromatic nitrogens is 3. The Bertz CT molecular complexity index is 2120. The number of aliphatic hydroxyl groups excluding tert-OH is 1. The summed E-state index contributed by atoms with van der Waals surface area (Å²) in [4.78, 5) is 31.9. The van der Waals surface area contributed by atoms with Gasteiger partial charge in [0.2, 0.25) is 5.89 Å². The molecule has 2 aliphatic heterocycles. The number of β-amino-alcohol motifs (C(OH)–C–C–N with tert-alkyl or cyclic N) is 1. The van der Waals surface area contributed by atoms with Gasteiger partial charge < -0.3 is 24.2 Å². The molecule has 2 N–H and O–H groups in total. The highest BCUT2D eigenvalue weighted by Gasteiger charge is 2.38. The fraction of sp³-hybridized carbons (Fsp3) is 0.415. The number of rotatable bonds is 10. The summed E-state index contributed by atoms with van der Waals surface area (Å²) in [5, 5.41) is 14.6. The number of oxazole rings is 1. The number of fused-ring (bicyclic) bond motifs is 2. The molecule has 0 saturated carbocycles. The Balaban J connectivity index is 1.10. The van der Waals surface area contributed by atoms with E-state index in [4.69, 9.17) is 18.8 Å². The number of nitrogens with zero attached hydrogens (tertiary/aromatic N) is 5. The number of likely N-dealkylation sites (tertiary alicyclic amines) is 1. The van der Waals surface area contributed by atoms with E-state index in [1.54, 1.807) is 0 Å². The van der Waals surface area contributed by atoms with Crippen LogP contribution in [0, 0.1) is 13.8 Å². The van der Waals surface area contributed by atoms with Gasteiger partial charge in [-0.15, -0.1) is 0 Å². The number of nitrogens with one attached hydrogen (secondary N) is 1. The van der Waals surface area contributed by atoms with Gasteiger partial charge in [-0.2, -0.15) is 0 Å². The Morgan fingerprint density at radius 1 is 1.02 bits per heavy atom. The number of aliphatic hydroxyl groups is 1. The van der Waals surface area contributed by atoms with Gasteiger partial charge in [0.1, 0.15) is 11.3 Å². The molecule has 10 nitrogen and oxygen atoms in total. The third-order valence-corrected chi connectivity index (χ3v) is 15.7. The van der Waals surface area contributed by atoms with Crippen LogP contribution in [0.3, 0.4) is 0 Å². The highest BCUT2D eigenvalue weighted by Crippen LogP contribution is 2.38. The van der Waals surface area contributed by atoms with Crippen molar-refractivity contribution in [2.24, 2.45) is 0 Å². The van der Waals surface area contributed by atoms with Crippen molar-refractivity contribution in [1.29, 1.82) is 0 Å². The summed E-state index contributed by atoms with van der Waals surface area (Å²) in [6, 6.07) is 16.5. The van der Waals surface area contributed by atoms with Gasteiger partial charge in [-0.05, 0) is 90.5 Å². The lowest BCUT2D eigenvalue weighted by Crippen LogP contribution is -2.45. The van der Waals surface area contributed by atoms with Gasteiger partial charge in [-0.1, -0.05) is 45.0 Å². The molecular formula is C41H50N6O4Si. The first-order valence-corrected chi connectivity index (χ1v) is 21.2. The minimum Gasteiger partial charge on any atom is -0.440 e. The lowest BCUT2D eigenvalue weighted by atomic mass is 9.93. The highest BCUT2D eigenvalue weighted by atomic mass is 28.4. The molecule has 0 aliphatic carbocycles. The minimum atomic E-state index is -1.90. The van der Waals surface area contributed by atoms with Crippen molar-refractivity contribution in [3.63, 3.8) is 0 Å². The van der Waals surface area contributed by atoms with Gasteiger partial charge in [0.25, 0.3) is 5.91 Å². The van der Waals surface area contributed by atoms with Crippen molar-refractivity contribution in [1.82, 2.24) is 24.8 Å². The van der Waals surface area contributed by atoms with Gasteiger partial charge in [0.05, 0.1) is 12.7 Å². The summed E-state index contributed by atoms with van der Waals surface area (Å²) >= 11 is 0. The summed E-state index contributed by atoms with van der Waals surface area (Å²) in [7, 11) is -1.90. The Morgan fingerprint density at radius 3 is 2.52 bits per heavy atom. The summed E-state index contributed by atoms with van der Waals surface area (Å²) < 4.78 is 12.6. The monoisotopic (exact) mass is 718 g/mol. The molecule has 0 bridgehead atoms. The topological polar surface area (TPSA) is 117 Å². The predicted octanol–water partition coefficient (Wildman–Crippen LogP) is 7.90. The number of hydrogen-bond donors (Lipinski definition) is 2. The molecule has 1 amide bonds. The Labute approximate surface area is 307 Å². The lowest BCUT2D eigenvalue weighted by molar-refractivity contribution is 0.0696. The number of hydrogen-bond acceptors (Lipinski definition) is 9. The maximum Gasteiger partial charge on any atom is 0.276 e. The molecule has 1 atom stereocenters. The summed E-state index contributed by atoms with van der Waals surface area (Å²) in [5.74, 6) is 1.71. The molecule has 272 valence electrons. The van der Waals surface area contributed by atoms with Crippen LogP contribution in [0.15, 0.2) is 65.3 Å². The molecular weight excluding hydrogens is 669 g/mol. The Morgan fingerprint density at radius 2 is 1.77 bits per heavy atom. The van der Waals surface area contributed by atoms with E-state index in [9.17, 15) is 9.90 Å².